The van der Waals surface area contributed by atoms with Crippen molar-refractivity contribution < 1.29 is 18.3 Å². The van der Waals surface area contributed by atoms with E-state index in [-0.39, 0.29) is 10.6 Å². The highest BCUT2D eigenvalue weighted by Gasteiger charge is 2.24. The number of benzene rings is 1. The van der Waals surface area contributed by atoms with E-state index in [2.05, 4.69) is 0 Å². The molecule has 6 nitrogen and oxygen atoms in total. The Bertz CT molecular complexity index is 735. The topological polar surface area (TPSA) is 79.6 Å². The highest BCUT2D eigenvalue weighted by molar-refractivity contribution is 7.92. The number of para-hydroxylation sites is 1. The van der Waals surface area contributed by atoms with Crippen molar-refractivity contribution in [1.29, 1.82) is 0 Å². The van der Waals surface area contributed by atoms with Gasteiger partial charge in [0.25, 0.3) is 10.0 Å². The molecule has 0 aliphatic rings. The van der Waals surface area contributed by atoms with Crippen molar-refractivity contribution in [3.63, 3.8) is 0 Å². The van der Waals surface area contributed by atoms with Gasteiger partial charge in [0.1, 0.15) is 10.6 Å². The van der Waals surface area contributed by atoms with Crippen molar-refractivity contribution in [2.75, 3.05) is 11.4 Å². The SMILES string of the molecule is CN(c1ccccc1)S(=O)(=O)c1cc(C(=O)O)n(C)c1. The Morgan fingerprint density at radius 3 is 2.35 bits per heavy atom. The van der Waals surface area contributed by atoms with Gasteiger partial charge in [-0.05, 0) is 18.2 Å². The monoisotopic (exact) mass is 294 g/mol. The zero-order chi connectivity index (χ0) is 14.9. The largest absolute Gasteiger partial charge is 0.477 e. The standard InChI is InChI=1S/C13H14N2O4S/c1-14-9-11(8-12(14)13(16)17)20(18,19)15(2)10-6-4-3-5-7-10/h3-9H,1-2H3,(H,16,17). The fourth-order valence-electron chi connectivity index (χ4n) is 1.82. The maximum Gasteiger partial charge on any atom is 0.352 e. The second kappa shape index (κ2) is 5.01. The van der Waals surface area contributed by atoms with E-state index in [1.54, 1.807) is 30.3 Å². The van der Waals surface area contributed by atoms with Gasteiger partial charge >= 0.3 is 5.97 Å². The van der Waals surface area contributed by atoms with Gasteiger partial charge in [0.2, 0.25) is 0 Å². The first-order valence-corrected chi connectivity index (χ1v) is 7.21. The molecule has 0 atom stereocenters. The van der Waals surface area contributed by atoms with Crippen LogP contribution in [0.1, 0.15) is 10.5 Å². The number of nitrogens with zero attached hydrogens (tertiary/aromatic N) is 2. The zero-order valence-corrected chi connectivity index (χ0v) is 11.8. The highest BCUT2D eigenvalue weighted by Crippen LogP contribution is 2.23. The number of hydrogen-bond acceptors (Lipinski definition) is 3. The van der Waals surface area contributed by atoms with Gasteiger partial charge < -0.3 is 9.67 Å². The van der Waals surface area contributed by atoms with Crippen LogP contribution in [0.15, 0.2) is 47.5 Å². The molecule has 7 heteroatoms. The van der Waals surface area contributed by atoms with Crippen molar-refractivity contribution in [3.8, 4) is 0 Å². The van der Waals surface area contributed by atoms with Gasteiger partial charge in [0, 0.05) is 20.3 Å². The van der Waals surface area contributed by atoms with Gasteiger partial charge in [0.15, 0.2) is 0 Å². The Kier molecular flexibility index (Phi) is 3.54. The van der Waals surface area contributed by atoms with Crippen LogP contribution in [-0.2, 0) is 17.1 Å². The summed E-state index contributed by atoms with van der Waals surface area (Å²) in [7, 11) is -0.858. The van der Waals surface area contributed by atoms with Gasteiger partial charge in [-0.15, -0.1) is 0 Å². The molecule has 1 N–H and O–H groups in total. The molecule has 0 aliphatic carbocycles. The van der Waals surface area contributed by atoms with Crippen molar-refractivity contribution in [2.24, 2.45) is 7.05 Å². The molecule has 0 bridgehead atoms. The maximum absolute atomic E-state index is 12.4. The summed E-state index contributed by atoms with van der Waals surface area (Å²) in [5, 5.41) is 8.97. The molecule has 0 spiro atoms. The van der Waals surface area contributed by atoms with Crippen molar-refractivity contribution in [2.45, 2.75) is 4.90 Å². The van der Waals surface area contributed by atoms with Crippen LogP contribution in [0, 0.1) is 0 Å². The molecule has 0 saturated carbocycles. The molecular formula is C13H14N2O4S. The van der Waals surface area contributed by atoms with Gasteiger partial charge in [-0.1, -0.05) is 18.2 Å². The lowest BCUT2D eigenvalue weighted by Crippen LogP contribution is -2.26. The van der Waals surface area contributed by atoms with Gasteiger partial charge in [-0.3, -0.25) is 4.31 Å². The van der Waals surface area contributed by atoms with Gasteiger partial charge in [-0.25, -0.2) is 13.2 Å². The molecule has 0 aliphatic heterocycles. The van der Waals surface area contributed by atoms with E-state index in [1.165, 1.54) is 24.9 Å². The number of rotatable bonds is 4. The number of aromatic carboxylic acids is 1. The van der Waals surface area contributed by atoms with E-state index >= 15 is 0 Å². The summed E-state index contributed by atoms with van der Waals surface area (Å²) in [5.41, 5.74) is 0.429. The second-order valence-electron chi connectivity index (χ2n) is 4.29. The quantitative estimate of drug-likeness (QED) is 0.927. The fourth-order valence-corrected chi connectivity index (χ4v) is 3.09. The number of carbonyl (C=O) groups is 1. The number of carboxylic acids is 1. The predicted molar refractivity (Wildman–Crippen MR) is 74.4 cm³/mol. The van der Waals surface area contributed by atoms with E-state index < -0.39 is 16.0 Å². The first-order chi connectivity index (χ1) is 9.34. The van der Waals surface area contributed by atoms with Crippen LogP contribution in [0.3, 0.4) is 0 Å². The minimum absolute atomic E-state index is 0.0521. The number of aromatic nitrogens is 1. The fraction of sp³-hybridized carbons (Fsp3) is 0.154. The Morgan fingerprint density at radius 2 is 1.85 bits per heavy atom. The summed E-state index contributed by atoms with van der Waals surface area (Å²) in [6.07, 6.45) is 1.29. The summed E-state index contributed by atoms with van der Waals surface area (Å²) < 4.78 is 27.3. The summed E-state index contributed by atoms with van der Waals surface area (Å²) in [6, 6.07) is 9.73. The van der Waals surface area contributed by atoms with Crippen LogP contribution in [0.25, 0.3) is 0 Å². The van der Waals surface area contributed by atoms with Gasteiger partial charge in [0.05, 0.1) is 5.69 Å². The smallest absolute Gasteiger partial charge is 0.352 e. The van der Waals surface area contributed by atoms with Crippen molar-refractivity contribution in [3.05, 3.63) is 48.3 Å². The Balaban J connectivity index is 2.46. The van der Waals surface area contributed by atoms with Crippen molar-refractivity contribution >= 4 is 21.7 Å². The second-order valence-corrected chi connectivity index (χ2v) is 6.25. The lowest BCUT2D eigenvalue weighted by molar-refractivity contribution is 0.0686. The Hall–Kier alpha value is -2.28. The maximum atomic E-state index is 12.4. The molecule has 2 aromatic rings. The molecule has 1 aromatic heterocycles. The van der Waals surface area contributed by atoms with E-state index in [4.69, 9.17) is 5.11 Å². The Labute approximate surface area is 116 Å². The van der Waals surface area contributed by atoms with Crippen LogP contribution in [0.2, 0.25) is 0 Å². The number of hydrogen-bond donors (Lipinski definition) is 1. The normalized spacial score (nSPS) is 11.3. The molecule has 0 saturated heterocycles. The molecule has 0 unspecified atom stereocenters. The number of carboxylic acid groups (broad SMARTS) is 1. The minimum atomic E-state index is -3.78. The molecule has 106 valence electrons. The summed E-state index contributed by atoms with van der Waals surface area (Å²) in [6.45, 7) is 0. The third-order valence-corrected chi connectivity index (χ3v) is 4.73. The van der Waals surface area contributed by atoms with Crippen LogP contribution in [0.5, 0.6) is 0 Å². The summed E-state index contributed by atoms with van der Waals surface area (Å²) in [5.74, 6) is -1.17. The number of anilines is 1. The molecule has 2 rings (SSSR count). The zero-order valence-electron chi connectivity index (χ0n) is 11.0. The van der Waals surface area contributed by atoms with Crippen LogP contribution < -0.4 is 4.31 Å². The molecule has 20 heavy (non-hydrogen) atoms. The molecule has 1 heterocycles. The van der Waals surface area contributed by atoms with Gasteiger partial charge in [-0.2, -0.15) is 0 Å². The average molecular weight is 294 g/mol. The predicted octanol–water partition coefficient (Wildman–Crippen LogP) is 1.55. The molecule has 1 aromatic carbocycles. The molecular weight excluding hydrogens is 280 g/mol. The lowest BCUT2D eigenvalue weighted by atomic mass is 10.3. The Morgan fingerprint density at radius 1 is 1.25 bits per heavy atom. The third-order valence-electron chi connectivity index (χ3n) is 2.98. The third kappa shape index (κ3) is 2.39. The molecule has 0 amide bonds. The van der Waals surface area contributed by atoms with E-state index in [0.29, 0.717) is 5.69 Å². The summed E-state index contributed by atoms with van der Waals surface area (Å²) >= 11 is 0. The van der Waals surface area contributed by atoms with Crippen LogP contribution in [-0.4, -0.2) is 31.1 Å². The minimum Gasteiger partial charge on any atom is -0.477 e. The molecule has 0 fully saturated rings. The average Bonchev–Trinajstić information content (AvgIpc) is 2.82. The lowest BCUT2D eigenvalue weighted by Gasteiger charge is -2.18. The summed E-state index contributed by atoms with van der Waals surface area (Å²) in [4.78, 5) is 10.9. The van der Waals surface area contributed by atoms with E-state index in [0.717, 1.165) is 10.4 Å². The van der Waals surface area contributed by atoms with Crippen LogP contribution >= 0.6 is 0 Å². The molecule has 0 radical (unpaired) electrons. The van der Waals surface area contributed by atoms with Crippen molar-refractivity contribution in [1.82, 2.24) is 4.57 Å². The van der Waals surface area contributed by atoms with E-state index in [1.807, 2.05) is 0 Å². The first-order valence-electron chi connectivity index (χ1n) is 5.77. The van der Waals surface area contributed by atoms with E-state index in [9.17, 15) is 13.2 Å². The number of aryl methyl sites for hydroxylation is 1. The highest BCUT2D eigenvalue weighted by atomic mass is 32.2. The number of sulfonamides is 1. The first kappa shape index (κ1) is 14.1. The van der Waals surface area contributed by atoms with Crippen LogP contribution in [0.4, 0.5) is 5.69 Å².